The first-order chi connectivity index (χ1) is 14.2. The second-order valence-corrected chi connectivity index (χ2v) is 8.18. The van der Waals surface area contributed by atoms with Crippen molar-refractivity contribution in [2.45, 2.75) is 58.3 Å². The van der Waals surface area contributed by atoms with E-state index in [1.165, 1.54) is 30.6 Å². The van der Waals surface area contributed by atoms with Gasteiger partial charge in [0.25, 0.3) is 11.1 Å². The molecule has 0 atom stereocenters. The topological polar surface area (TPSA) is 63.9 Å². The van der Waals surface area contributed by atoms with Crippen LogP contribution in [0.25, 0.3) is 5.65 Å². The van der Waals surface area contributed by atoms with Crippen molar-refractivity contribution >= 4 is 41.0 Å². The van der Waals surface area contributed by atoms with E-state index < -0.39 is 0 Å². The van der Waals surface area contributed by atoms with E-state index in [4.69, 9.17) is 4.74 Å². The van der Waals surface area contributed by atoms with Crippen molar-refractivity contribution in [1.29, 1.82) is 0 Å². The first-order valence-corrected chi connectivity index (χ1v) is 11.3. The third-order valence-electron chi connectivity index (χ3n) is 4.93. The molecule has 2 aromatic rings. The van der Waals surface area contributed by atoms with E-state index in [1.54, 1.807) is 6.20 Å². The largest absolute Gasteiger partial charge is 0.490 e. The number of aromatic nitrogens is 2. The number of ether oxygens (including phenoxy) is 1. The van der Waals surface area contributed by atoms with Gasteiger partial charge in [-0.25, -0.2) is 4.98 Å². The third kappa shape index (κ3) is 6.51. The molecule has 0 bridgehead atoms. The summed E-state index contributed by atoms with van der Waals surface area (Å²) in [4.78, 5) is 30.9. The minimum atomic E-state index is -0.157. The van der Waals surface area contributed by atoms with Gasteiger partial charge in [0.2, 0.25) is 0 Å². The summed E-state index contributed by atoms with van der Waals surface area (Å²) in [5, 5.41) is -0.157. The van der Waals surface area contributed by atoms with Gasteiger partial charge in [0.05, 0.1) is 11.5 Å². The van der Waals surface area contributed by atoms with Crippen LogP contribution in [0.15, 0.2) is 41.7 Å². The van der Waals surface area contributed by atoms with Crippen LogP contribution >= 0.6 is 24.2 Å². The van der Waals surface area contributed by atoms with Crippen molar-refractivity contribution < 1.29 is 14.3 Å². The SMILES string of the molecule is CCCCCCCC=C1SC(=O)N(CCCCOc2cccn3ccnc23)C1=O.Cl. The Bertz CT molecular complexity index is 868. The molecule has 0 radical (unpaired) electrons. The zero-order valence-electron chi connectivity index (χ0n) is 17.4. The van der Waals surface area contributed by atoms with E-state index in [2.05, 4.69) is 11.9 Å². The molecule has 1 fully saturated rings. The minimum absolute atomic E-state index is 0. The molecule has 1 aliphatic heterocycles. The number of imidazole rings is 1. The van der Waals surface area contributed by atoms with E-state index in [0.29, 0.717) is 18.1 Å². The van der Waals surface area contributed by atoms with E-state index >= 15 is 0 Å². The molecule has 0 saturated carbocycles. The van der Waals surface area contributed by atoms with Gasteiger partial charge in [0, 0.05) is 25.1 Å². The molecule has 0 aliphatic carbocycles. The van der Waals surface area contributed by atoms with Crippen LogP contribution in [0.1, 0.15) is 58.3 Å². The van der Waals surface area contributed by atoms with Gasteiger partial charge in [0.1, 0.15) is 0 Å². The Morgan fingerprint density at radius 2 is 1.93 bits per heavy atom. The first-order valence-electron chi connectivity index (χ1n) is 10.5. The van der Waals surface area contributed by atoms with Crippen LogP contribution in [-0.2, 0) is 4.79 Å². The summed E-state index contributed by atoms with van der Waals surface area (Å²) in [5.41, 5.74) is 0.790. The van der Waals surface area contributed by atoms with Crippen LogP contribution in [0.3, 0.4) is 0 Å². The molecule has 0 aromatic carbocycles. The van der Waals surface area contributed by atoms with E-state index in [-0.39, 0.29) is 23.6 Å². The van der Waals surface area contributed by atoms with Crippen LogP contribution in [0.5, 0.6) is 5.75 Å². The van der Waals surface area contributed by atoms with Crippen molar-refractivity contribution in [2.24, 2.45) is 0 Å². The maximum atomic E-state index is 12.5. The summed E-state index contributed by atoms with van der Waals surface area (Å²) < 4.78 is 7.73. The molecule has 2 aromatic heterocycles. The van der Waals surface area contributed by atoms with Crippen LogP contribution in [0.4, 0.5) is 4.79 Å². The standard InChI is InChI=1S/C22H29N3O3S.ClH/c1-2-3-4-5-6-7-12-19-21(26)25(22(27)29-19)15-8-9-17-28-18-11-10-14-24-16-13-23-20(18)24;/h10-14,16H,2-9,15,17H2,1H3;1H. The number of nitrogens with zero attached hydrogens (tertiary/aromatic N) is 3. The van der Waals surface area contributed by atoms with E-state index in [9.17, 15) is 9.59 Å². The lowest BCUT2D eigenvalue weighted by atomic mass is 10.1. The Hall–Kier alpha value is -1.99. The lowest BCUT2D eigenvalue weighted by Gasteiger charge is -2.12. The fourth-order valence-electron chi connectivity index (χ4n) is 3.30. The van der Waals surface area contributed by atoms with E-state index in [1.807, 2.05) is 35.0 Å². The smallest absolute Gasteiger partial charge is 0.293 e. The van der Waals surface area contributed by atoms with Gasteiger partial charge < -0.3 is 9.14 Å². The maximum absolute atomic E-state index is 12.5. The molecule has 0 N–H and O–H groups in total. The Morgan fingerprint density at radius 1 is 1.10 bits per heavy atom. The zero-order chi connectivity index (χ0) is 20.5. The number of carbonyl (C=O) groups is 2. The third-order valence-corrected chi connectivity index (χ3v) is 5.88. The molecule has 8 heteroatoms. The summed E-state index contributed by atoms with van der Waals surface area (Å²) in [6.07, 6.45) is 15.8. The highest BCUT2D eigenvalue weighted by atomic mass is 35.5. The second kappa shape index (κ2) is 12.6. The fourth-order valence-corrected chi connectivity index (χ4v) is 4.17. The molecule has 1 aliphatic rings. The average molecular weight is 452 g/mol. The highest BCUT2D eigenvalue weighted by Gasteiger charge is 2.34. The van der Waals surface area contributed by atoms with Gasteiger partial charge in [-0.2, -0.15) is 0 Å². The number of imide groups is 1. The average Bonchev–Trinajstić information content (AvgIpc) is 3.30. The number of amides is 2. The first kappa shape index (κ1) is 24.3. The molecule has 3 heterocycles. The monoisotopic (exact) mass is 451 g/mol. The lowest BCUT2D eigenvalue weighted by Crippen LogP contribution is -2.29. The molecular weight excluding hydrogens is 422 g/mol. The molecule has 0 spiro atoms. The number of fused-ring (bicyclic) bond motifs is 1. The summed E-state index contributed by atoms with van der Waals surface area (Å²) >= 11 is 1.07. The summed E-state index contributed by atoms with van der Waals surface area (Å²) in [7, 11) is 0. The fraction of sp³-hybridized carbons (Fsp3) is 0.500. The van der Waals surface area contributed by atoms with Gasteiger partial charge in [0.15, 0.2) is 11.4 Å². The number of pyridine rings is 1. The quantitative estimate of drug-likeness (QED) is 0.299. The molecule has 30 heavy (non-hydrogen) atoms. The molecular formula is C22H30ClN3O3S. The number of unbranched alkanes of at least 4 members (excludes halogenated alkanes) is 6. The molecule has 6 nitrogen and oxygen atoms in total. The molecule has 0 unspecified atom stereocenters. The highest BCUT2D eigenvalue weighted by molar-refractivity contribution is 8.18. The van der Waals surface area contributed by atoms with Crippen LogP contribution in [-0.4, -0.2) is 38.6 Å². The van der Waals surface area contributed by atoms with Gasteiger partial charge in [-0.05, 0) is 49.6 Å². The predicted molar refractivity (Wildman–Crippen MR) is 123 cm³/mol. The number of halogens is 1. The van der Waals surface area contributed by atoms with Gasteiger partial charge in [-0.3, -0.25) is 14.5 Å². The van der Waals surface area contributed by atoms with Crippen molar-refractivity contribution in [3.8, 4) is 5.75 Å². The Kier molecular flexibility index (Phi) is 10.2. The number of carbonyl (C=O) groups excluding carboxylic acids is 2. The molecule has 2 amide bonds. The highest BCUT2D eigenvalue weighted by Crippen LogP contribution is 2.31. The van der Waals surface area contributed by atoms with E-state index in [0.717, 1.165) is 48.8 Å². The normalized spacial score (nSPS) is 15.2. The van der Waals surface area contributed by atoms with Crippen LogP contribution in [0.2, 0.25) is 0 Å². The van der Waals surface area contributed by atoms with Crippen molar-refractivity contribution in [3.05, 3.63) is 41.7 Å². The second-order valence-electron chi connectivity index (χ2n) is 7.18. The number of thioether (sulfide) groups is 1. The minimum Gasteiger partial charge on any atom is -0.490 e. The summed E-state index contributed by atoms with van der Waals surface area (Å²) in [6.45, 7) is 3.16. The number of hydrogen-bond acceptors (Lipinski definition) is 5. The Labute approximate surface area is 188 Å². The zero-order valence-corrected chi connectivity index (χ0v) is 19.1. The van der Waals surface area contributed by atoms with Crippen molar-refractivity contribution in [1.82, 2.24) is 14.3 Å². The maximum Gasteiger partial charge on any atom is 0.293 e. The lowest BCUT2D eigenvalue weighted by molar-refractivity contribution is -0.122. The van der Waals surface area contributed by atoms with Crippen molar-refractivity contribution in [3.63, 3.8) is 0 Å². The number of allylic oxidation sites excluding steroid dienone is 1. The van der Waals surface area contributed by atoms with Gasteiger partial charge in [-0.15, -0.1) is 12.4 Å². The summed E-state index contributed by atoms with van der Waals surface area (Å²) in [5.74, 6) is 0.599. The van der Waals surface area contributed by atoms with Crippen LogP contribution < -0.4 is 4.74 Å². The summed E-state index contributed by atoms with van der Waals surface area (Å²) in [6, 6.07) is 3.81. The van der Waals surface area contributed by atoms with Gasteiger partial charge in [-0.1, -0.05) is 38.7 Å². The number of rotatable bonds is 12. The van der Waals surface area contributed by atoms with Crippen LogP contribution in [0, 0.1) is 0 Å². The Balaban J connectivity index is 0.00000320. The Morgan fingerprint density at radius 3 is 2.77 bits per heavy atom. The molecule has 164 valence electrons. The molecule has 1 saturated heterocycles. The van der Waals surface area contributed by atoms with Gasteiger partial charge >= 0.3 is 0 Å². The molecule has 3 rings (SSSR count). The predicted octanol–water partition coefficient (Wildman–Crippen LogP) is 5.85. The van der Waals surface area contributed by atoms with Crippen molar-refractivity contribution in [2.75, 3.05) is 13.2 Å². The number of hydrogen-bond donors (Lipinski definition) is 0.